The van der Waals surface area contributed by atoms with E-state index >= 15 is 0 Å². The molecule has 0 N–H and O–H groups in total. The summed E-state index contributed by atoms with van der Waals surface area (Å²) >= 11 is 0. The normalized spacial score (nSPS) is 13.8. The van der Waals surface area contributed by atoms with Crippen molar-refractivity contribution in [2.24, 2.45) is 0 Å². The van der Waals surface area contributed by atoms with Gasteiger partial charge in [-0.1, -0.05) is 36.4 Å². The van der Waals surface area contributed by atoms with Crippen LogP contribution in [0.15, 0.2) is 60.7 Å². The van der Waals surface area contributed by atoms with Crippen LogP contribution in [0.5, 0.6) is 0 Å². The van der Waals surface area contributed by atoms with E-state index in [1.807, 2.05) is 55.5 Å². The second kappa shape index (κ2) is 4.53. The number of Topliss-reactive ketones (excluding diaryl/α,β-unsaturated/α-hetero) is 1. The smallest absolute Gasteiger partial charge is 0.272 e. The van der Waals surface area contributed by atoms with Gasteiger partial charge < -0.3 is 5.21 Å². The molecule has 0 atom stereocenters. The van der Waals surface area contributed by atoms with Crippen LogP contribution in [0.3, 0.4) is 0 Å². The molecule has 0 unspecified atom stereocenters. The van der Waals surface area contributed by atoms with Gasteiger partial charge in [0.25, 0.3) is 11.5 Å². The lowest BCUT2D eigenvalue weighted by Crippen LogP contribution is -2.16. The van der Waals surface area contributed by atoms with Crippen LogP contribution in [0.25, 0.3) is 10.8 Å². The van der Waals surface area contributed by atoms with E-state index in [2.05, 4.69) is 0 Å². The maximum atomic E-state index is 12.6. The summed E-state index contributed by atoms with van der Waals surface area (Å²) < 4.78 is 0.759. The zero-order valence-corrected chi connectivity index (χ0v) is 12.0. The number of rotatable bonds is 1. The number of fused-ring (bicyclic) bond motifs is 2. The summed E-state index contributed by atoms with van der Waals surface area (Å²) in [5.41, 5.74) is 2.74. The molecule has 1 aliphatic heterocycles. The Labute approximate surface area is 127 Å². The molecule has 0 radical (unpaired) electrons. The highest BCUT2D eigenvalue weighted by atomic mass is 16.5. The quantitative estimate of drug-likeness (QED) is 0.502. The fraction of sp³-hybridized carbons (Fsp3) is 0.0526. The Kier molecular flexibility index (Phi) is 2.63. The first-order chi connectivity index (χ1) is 10.6. The summed E-state index contributed by atoms with van der Waals surface area (Å²) in [5, 5.41) is 14.7. The van der Waals surface area contributed by atoms with Crippen molar-refractivity contribution in [1.29, 1.82) is 0 Å². The highest BCUT2D eigenvalue weighted by Gasteiger charge is 2.36. The van der Waals surface area contributed by atoms with Crippen molar-refractivity contribution < 1.29 is 9.53 Å². The lowest BCUT2D eigenvalue weighted by atomic mass is 9.99. The van der Waals surface area contributed by atoms with Crippen LogP contribution in [-0.4, -0.2) is 16.2 Å². The largest absolute Gasteiger partial charge is 0.618 e. The SMILES string of the molecule is Cc1ccc2c(c1)[N+]([O-])=C(c1ccc3ccccc3c1)C2=O. The second-order valence-corrected chi connectivity index (χ2v) is 5.55. The number of benzene rings is 3. The average Bonchev–Trinajstić information content (AvgIpc) is 2.78. The van der Waals surface area contributed by atoms with Crippen molar-refractivity contribution in [2.45, 2.75) is 6.92 Å². The molecule has 1 heterocycles. The van der Waals surface area contributed by atoms with E-state index in [0.29, 0.717) is 16.8 Å². The highest BCUT2D eigenvalue weighted by Crippen LogP contribution is 2.29. The minimum absolute atomic E-state index is 0.200. The van der Waals surface area contributed by atoms with Crippen molar-refractivity contribution in [3.8, 4) is 0 Å². The maximum absolute atomic E-state index is 12.6. The highest BCUT2D eigenvalue weighted by molar-refractivity contribution is 6.52. The van der Waals surface area contributed by atoms with E-state index in [9.17, 15) is 10.0 Å². The molecule has 3 nitrogen and oxygen atoms in total. The second-order valence-electron chi connectivity index (χ2n) is 5.55. The zero-order chi connectivity index (χ0) is 15.3. The summed E-state index contributed by atoms with van der Waals surface area (Å²) in [4.78, 5) is 12.6. The topological polar surface area (TPSA) is 43.1 Å². The molecule has 0 aromatic heterocycles. The lowest BCUT2D eigenvalue weighted by Gasteiger charge is -2.04. The molecule has 0 saturated carbocycles. The summed E-state index contributed by atoms with van der Waals surface area (Å²) in [6, 6.07) is 18.9. The molecule has 0 spiro atoms. The van der Waals surface area contributed by atoms with Gasteiger partial charge >= 0.3 is 0 Å². The monoisotopic (exact) mass is 287 g/mol. The predicted molar refractivity (Wildman–Crippen MR) is 86.9 cm³/mol. The Morgan fingerprint density at radius 3 is 2.50 bits per heavy atom. The molecular weight excluding hydrogens is 274 g/mol. The molecular formula is C19H13NO2. The Morgan fingerprint density at radius 2 is 1.68 bits per heavy atom. The average molecular weight is 287 g/mol. The Bertz CT molecular complexity index is 970. The Balaban J connectivity index is 1.93. The summed E-state index contributed by atoms with van der Waals surface area (Å²) in [6.07, 6.45) is 0. The van der Waals surface area contributed by atoms with Crippen molar-refractivity contribution in [3.05, 3.63) is 82.6 Å². The molecule has 0 fully saturated rings. The van der Waals surface area contributed by atoms with Gasteiger partial charge in [-0.15, -0.1) is 0 Å². The van der Waals surface area contributed by atoms with Crippen LogP contribution in [-0.2, 0) is 0 Å². The first-order valence-corrected chi connectivity index (χ1v) is 7.14. The number of ketones is 1. The number of aryl methyl sites for hydroxylation is 1. The first kappa shape index (κ1) is 12.8. The molecule has 4 rings (SSSR count). The number of nitrogens with zero attached hydrogens (tertiary/aromatic N) is 1. The minimum atomic E-state index is -0.208. The molecule has 3 aromatic carbocycles. The third kappa shape index (κ3) is 1.76. The van der Waals surface area contributed by atoms with Gasteiger partial charge in [-0.25, -0.2) is 0 Å². The molecule has 0 saturated heterocycles. The zero-order valence-electron chi connectivity index (χ0n) is 12.0. The molecule has 3 heteroatoms. The van der Waals surface area contributed by atoms with Gasteiger partial charge in [0.2, 0.25) is 5.69 Å². The fourth-order valence-electron chi connectivity index (χ4n) is 2.93. The van der Waals surface area contributed by atoms with Gasteiger partial charge in [0.1, 0.15) is 5.56 Å². The summed E-state index contributed by atoms with van der Waals surface area (Å²) in [5.74, 6) is -0.208. The lowest BCUT2D eigenvalue weighted by molar-refractivity contribution is -0.355. The van der Waals surface area contributed by atoms with Crippen molar-refractivity contribution >= 4 is 28.0 Å². The van der Waals surface area contributed by atoms with E-state index in [1.54, 1.807) is 12.1 Å². The van der Waals surface area contributed by atoms with Crippen LogP contribution in [0.4, 0.5) is 5.69 Å². The molecule has 1 aliphatic rings. The maximum Gasteiger partial charge on any atom is 0.272 e. The Morgan fingerprint density at radius 1 is 0.909 bits per heavy atom. The number of hydrogen-bond acceptors (Lipinski definition) is 2. The van der Waals surface area contributed by atoms with Crippen LogP contribution in [0.1, 0.15) is 21.5 Å². The summed E-state index contributed by atoms with van der Waals surface area (Å²) in [7, 11) is 0. The number of hydrogen-bond donors (Lipinski definition) is 0. The van der Waals surface area contributed by atoms with E-state index < -0.39 is 0 Å². The van der Waals surface area contributed by atoms with Gasteiger partial charge in [-0.2, -0.15) is 4.74 Å². The molecule has 22 heavy (non-hydrogen) atoms. The van der Waals surface area contributed by atoms with Crippen molar-refractivity contribution in [3.63, 3.8) is 0 Å². The molecule has 106 valence electrons. The number of carbonyl (C=O) groups excluding carboxylic acids is 1. The molecule has 0 amide bonds. The predicted octanol–water partition coefficient (Wildman–Crippen LogP) is 3.98. The van der Waals surface area contributed by atoms with E-state index in [4.69, 9.17) is 0 Å². The van der Waals surface area contributed by atoms with Crippen LogP contribution < -0.4 is 0 Å². The van der Waals surface area contributed by atoms with Gasteiger partial charge in [0.15, 0.2) is 0 Å². The van der Waals surface area contributed by atoms with Gasteiger partial charge in [0, 0.05) is 6.07 Å². The van der Waals surface area contributed by atoms with Crippen LogP contribution >= 0.6 is 0 Å². The van der Waals surface area contributed by atoms with Gasteiger partial charge in [0.05, 0.1) is 5.56 Å². The Hall–Kier alpha value is -2.94. The van der Waals surface area contributed by atoms with Crippen LogP contribution in [0, 0.1) is 12.1 Å². The molecule has 3 aromatic rings. The standard InChI is InChI=1S/C19H13NO2/c1-12-6-9-16-17(10-12)20(22)18(19(16)21)15-8-7-13-4-2-3-5-14(13)11-15/h2-11H,1H3. The minimum Gasteiger partial charge on any atom is -0.618 e. The third-order valence-corrected chi connectivity index (χ3v) is 4.06. The van der Waals surface area contributed by atoms with Gasteiger partial charge in [-0.3, -0.25) is 4.79 Å². The van der Waals surface area contributed by atoms with E-state index in [1.165, 1.54) is 0 Å². The van der Waals surface area contributed by atoms with Crippen molar-refractivity contribution in [2.75, 3.05) is 0 Å². The number of carbonyl (C=O) groups is 1. The van der Waals surface area contributed by atoms with Crippen LogP contribution in [0.2, 0.25) is 0 Å². The fourth-order valence-corrected chi connectivity index (χ4v) is 2.93. The van der Waals surface area contributed by atoms with Gasteiger partial charge in [-0.05, 0) is 41.5 Å². The van der Waals surface area contributed by atoms with E-state index in [-0.39, 0.29) is 11.5 Å². The summed E-state index contributed by atoms with van der Waals surface area (Å²) in [6.45, 7) is 1.91. The molecule has 0 bridgehead atoms. The first-order valence-electron chi connectivity index (χ1n) is 7.14. The van der Waals surface area contributed by atoms with Crippen molar-refractivity contribution in [1.82, 2.24) is 0 Å². The third-order valence-electron chi connectivity index (χ3n) is 4.06. The molecule has 0 aliphatic carbocycles. The van der Waals surface area contributed by atoms with E-state index in [0.717, 1.165) is 21.1 Å².